The number of aromatic nitrogens is 1. The van der Waals surface area contributed by atoms with E-state index in [0.717, 1.165) is 31.0 Å². The third kappa shape index (κ3) is 3.70. The maximum absolute atomic E-state index is 12.8. The minimum Gasteiger partial charge on any atom is -0.497 e. The number of benzene rings is 2. The second-order valence-corrected chi connectivity index (χ2v) is 7.29. The summed E-state index contributed by atoms with van der Waals surface area (Å²) in [6.07, 6.45) is 3.55. The largest absolute Gasteiger partial charge is 0.497 e. The van der Waals surface area contributed by atoms with Crippen LogP contribution in [0.2, 0.25) is 0 Å². The molecule has 5 nitrogen and oxygen atoms in total. The molecule has 4 rings (SSSR count). The van der Waals surface area contributed by atoms with E-state index in [1.54, 1.807) is 14.2 Å². The predicted molar refractivity (Wildman–Crippen MR) is 110 cm³/mol. The van der Waals surface area contributed by atoms with Gasteiger partial charge >= 0.3 is 0 Å². The third-order valence-electron chi connectivity index (χ3n) is 5.63. The number of carbonyl (C=O) groups is 1. The topological polar surface area (TPSA) is 43.7 Å². The molecule has 1 fully saturated rings. The lowest BCUT2D eigenvalue weighted by Crippen LogP contribution is -2.29. The van der Waals surface area contributed by atoms with E-state index < -0.39 is 0 Å². The molecule has 1 aliphatic rings. The standard InChI is InChI=1S/C23H26N2O3/c1-27-20-13-19(14-21(15-20)28-2)18-8-11-25(16-18)23(26)9-12-24-10-7-17-5-3-4-6-22(17)24/h3-7,10,13-15,18H,8-9,11-12,16H2,1-2H3. The summed E-state index contributed by atoms with van der Waals surface area (Å²) in [5.41, 5.74) is 2.35. The van der Waals surface area contributed by atoms with Crippen molar-refractivity contribution in [2.75, 3.05) is 27.3 Å². The van der Waals surface area contributed by atoms with Crippen molar-refractivity contribution in [3.05, 3.63) is 60.3 Å². The van der Waals surface area contributed by atoms with Crippen LogP contribution in [0.25, 0.3) is 10.9 Å². The van der Waals surface area contributed by atoms with Crippen LogP contribution in [0.4, 0.5) is 0 Å². The molecule has 2 heterocycles. The van der Waals surface area contributed by atoms with E-state index in [1.165, 1.54) is 16.5 Å². The number of likely N-dealkylation sites (tertiary alicyclic amines) is 1. The lowest BCUT2D eigenvalue weighted by Gasteiger charge is -2.18. The molecule has 0 aliphatic carbocycles. The van der Waals surface area contributed by atoms with Gasteiger partial charge in [-0.2, -0.15) is 0 Å². The number of hydrogen-bond donors (Lipinski definition) is 0. The number of ether oxygens (including phenoxy) is 2. The van der Waals surface area contributed by atoms with Crippen molar-refractivity contribution in [1.29, 1.82) is 0 Å². The number of nitrogens with zero attached hydrogens (tertiary/aromatic N) is 2. The molecule has 1 amide bonds. The molecule has 1 saturated heterocycles. The Morgan fingerprint density at radius 3 is 2.57 bits per heavy atom. The zero-order valence-electron chi connectivity index (χ0n) is 16.4. The first kappa shape index (κ1) is 18.4. The van der Waals surface area contributed by atoms with Crippen LogP contribution >= 0.6 is 0 Å². The third-order valence-corrected chi connectivity index (χ3v) is 5.63. The van der Waals surface area contributed by atoms with Crippen molar-refractivity contribution in [1.82, 2.24) is 9.47 Å². The number of rotatable bonds is 6. The number of carbonyl (C=O) groups excluding carboxylic acids is 1. The Labute approximate surface area is 165 Å². The lowest BCUT2D eigenvalue weighted by molar-refractivity contribution is -0.130. The van der Waals surface area contributed by atoms with Gasteiger partial charge in [0.15, 0.2) is 0 Å². The molecular formula is C23H26N2O3. The van der Waals surface area contributed by atoms with E-state index in [-0.39, 0.29) is 5.91 Å². The van der Waals surface area contributed by atoms with E-state index in [0.29, 0.717) is 18.9 Å². The van der Waals surface area contributed by atoms with Crippen LogP contribution < -0.4 is 9.47 Å². The molecule has 1 unspecified atom stereocenters. The summed E-state index contributed by atoms with van der Waals surface area (Å²) in [4.78, 5) is 14.8. The van der Waals surface area contributed by atoms with Gasteiger partial charge in [-0.3, -0.25) is 4.79 Å². The highest BCUT2D eigenvalue weighted by Gasteiger charge is 2.27. The summed E-state index contributed by atoms with van der Waals surface area (Å²) in [7, 11) is 3.32. The summed E-state index contributed by atoms with van der Waals surface area (Å²) in [5.74, 6) is 2.12. The van der Waals surface area contributed by atoms with Gasteiger partial charge in [0.1, 0.15) is 11.5 Å². The summed E-state index contributed by atoms with van der Waals surface area (Å²) < 4.78 is 12.9. The molecule has 3 aromatic rings. The summed E-state index contributed by atoms with van der Waals surface area (Å²) >= 11 is 0. The monoisotopic (exact) mass is 378 g/mol. The van der Waals surface area contributed by atoms with Gasteiger partial charge in [-0.25, -0.2) is 0 Å². The molecule has 0 radical (unpaired) electrons. The Morgan fingerprint density at radius 1 is 1.07 bits per heavy atom. The second-order valence-electron chi connectivity index (χ2n) is 7.29. The van der Waals surface area contributed by atoms with Crippen molar-refractivity contribution >= 4 is 16.8 Å². The Balaban J connectivity index is 1.39. The first-order valence-electron chi connectivity index (χ1n) is 9.72. The molecule has 0 bridgehead atoms. The highest BCUT2D eigenvalue weighted by Crippen LogP contribution is 2.33. The maximum atomic E-state index is 12.8. The maximum Gasteiger partial charge on any atom is 0.224 e. The Morgan fingerprint density at radius 2 is 1.82 bits per heavy atom. The summed E-state index contributed by atoms with van der Waals surface area (Å²) in [6, 6.07) is 16.3. The van der Waals surface area contributed by atoms with Crippen LogP contribution in [0.15, 0.2) is 54.7 Å². The SMILES string of the molecule is COc1cc(OC)cc(C2CCN(C(=O)CCn3ccc4ccccc43)C2)c1. The zero-order valence-corrected chi connectivity index (χ0v) is 16.4. The number of hydrogen-bond acceptors (Lipinski definition) is 3. The van der Waals surface area contributed by atoms with Crippen molar-refractivity contribution in [3.8, 4) is 11.5 Å². The van der Waals surface area contributed by atoms with Crippen LogP contribution in [0.3, 0.4) is 0 Å². The minimum absolute atomic E-state index is 0.218. The average Bonchev–Trinajstić information content (AvgIpc) is 3.39. The van der Waals surface area contributed by atoms with Crippen molar-refractivity contribution in [2.45, 2.75) is 25.3 Å². The first-order chi connectivity index (χ1) is 13.7. The molecule has 146 valence electrons. The van der Waals surface area contributed by atoms with E-state index in [2.05, 4.69) is 29.0 Å². The highest BCUT2D eigenvalue weighted by atomic mass is 16.5. The molecule has 0 N–H and O–H groups in total. The van der Waals surface area contributed by atoms with E-state index in [9.17, 15) is 4.79 Å². The lowest BCUT2D eigenvalue weighted by atomic mass is 9.98. The van der Waals surface area contributed by atoms with Crippen molar-refractivity contribution < 1.29 is 14.3 Å². The normalized spacial score (nSPS) is 16.5. The summed E-state index contributed by atoms with van der Waals surface area (Å²) in [5, 5.41) is 1.21. The van der Waals surface area contributed by atoms with Gasteiger partial charge in [0.05, 0.1) is 14.2 Å². The predicted octanol–water partition coefficient (Wildman–Crippen LogP) is 4.06. The van der Waals surface area contributed by atoms with Gasteiger partial charge in [-0.15, -0.1) is 0 Å². The van der Waals surface area contributed by atoms with Gasteiger partial charge in [0.2, 0.25) is 5.91 Å². The fourth-order valence-electron chi connectivity index (χ4n) is 4.03. The number of para-hydroxylation sites is 1. The van der Waals surface area contributed by atoms with Crippen LogP contribution in [-0.4, -0.2) is 42.7 Å². The zero-order chi connectivity index (χ0) is 19.5. The smallest absolute Gasteiger partial charge is 0.224 e. The summed E-state index contributed by atoms with van der Waals surface area (Å²) in [6.45, 7) is 2.26. The second kappa shape index (κ2) is 7.97. The van der Waals surface area contributed by atoms with Crippen LogP contribution in [0.5, 0.6) is 11.5 Å². The first-order valence-corrected chi connectivity index (χ1v) is 9.72. The van der Waals surface area contributed by atoms with Gasteiger partial charge in [-0.05, 0) is 41.6 Å². The molecule has 2 aromatic carbocycles. The van der Waals surface area contributed by atoms with E-state index in [1.807, 2.05) is 35.2 Å². The Hall–Kier alpha value is -2.95. The number of aryl methyl sites for hydroxylation is 1. The molecule has 1 aromatic heterocycles. The number of fused-ring (bicyclic) bond motifs is 1. The molecule has 5 heteroatoms. The van der Waals surface area contributed by atoms with Gasteiger partial charge in [0, 0.05) is 49.8 Å². The molecular weight excluding hydrogens is 352 g/mol. The molecule has 1 aliphatic heterocycles. The van der Waals surface area contributed by atoms with Crippen molar-refractivity contribution in [2.24, 2.45) is 0 Å². The minimum atomic E-state index is 0.218. The average molecular weight is 378 g/mol. The number of amides is 1. The molecule has 0 saturated carbocycles. The van der Waals surface area contributed by atoms with Gasteiger partial charge in [0.25, 0.3) is 0 Å². The Kier molecular flexibility index (Phi) is 5.24. The van der Waals surface area contributed by atoms with E-state index >= 15 is 0 Å². The van der Waals surface area contributed by atoms with Crippen molar-refractivity contribution in [3.63, 3.8) is 0 Å². The molecule has 28 heavy (non-hydrogen) atoms. The van der Waals surface area contributed by atoms with Gasteiger partial charge < -0.3 is 18.9 Å². The number of methoxy groups -OCH3 is 2. The fourth-order valence-corrected chi connectivity index (χ4v) is 4.03. The quantitative estimate of drug-likeness (QED) is 0.650. The fraction of sp³-hybridized carbons (Fsp3) is 0.348. The molecule has 1 atom stereocenters. The van der Waals surface area contributed by atoms with Crippen LogP contribution in [-0.2, 0) is 11.3 Å². The van der Waals surface area contributed by atoms with E-state index in [4.69, 9.17) is 9.47 Å². The van der Waals surface area contributed by atoms with Crippen LogP contribution in [0, 0.1) is 0 Å². The van der Waals surface area contributed by atoms with Gasteiger partial charge in [-0.1, -0.05) is 18.2 Å². The Bertz CT molecular complexity index is 957. The van der Waals surface area contributed by atoms with Crippen LogP contribution in [0.1, 0.15) is 24.3 Å². The highest BCUT2D eigenvalue weighted by molar-refractivity contribution is 5.80. The molecule has 0 spiro atoms.